The molecule has 0 heterocycles. The Hall–Kier alpha value is -0.755. The van der Waals surface area contributed by atoms with Gasteiger partial charge in [0.05, 0.1) is 0 Å². The van der Waals surface area contributed by atoms with Gasteiger partial charge in [-0.2, -0.15) is 0 Å². The van der Waals surface area contributed by atoms with Gasteiger partial charge in [-0.1, -0.05) is 30.3 Å². The summed E-state index contributed by atoms with van der Waals surface area (Å²) in [5.74, 6) is 0. The van der Waals surface area contributed by atoms with Crippen LogP contribution in [0.25, 0.3) is 0 Å². The van der Waals surface area contributed by atoms with Gasteiger partial charge in [-0.05, 0) is 26.6 Å². The minimum Gasteiger partial charge on any atom is -0.303 e. The molecule has 1 unspecified atom stereocenters. The van der Waals surface area contributed by atoms with Crippen LogP contribution in [0.3, 0.4) is 0 Å². The van der Waals surface area contributed by atoms with Crippen molar-refractivity contribution >= 4 is 8.41 Å². The summed E-state index contributed by atoms with van der Waals surface area (Å²) >= 11 is 0. The summed E-state index contributed by atoms with van der Waals surface area (Å²) in [6.07, 6.45) is 0. The van der Waals surface area contributed by atoms with Gasteiger partial charge in [0.2, 0.25) is 0 Å². The van der Waals surface area contributed by atoms with Crippen LogP contribution >= 0.6 is 0 Å². The zero-order chi connectivity index (χ0) is 8.27. The van der Waals surface area contributed by atoms with E-state index in [2.05, 4.69) is 50.2 Å². The van der Waals surface area contributed by atoms with Crippen LogP contribution in [-0.4, -0.2) is 27.4 Å². The van der Waals surface area contributed by atoms with E-state index in [1.165, 1.54) is 5.56 Å². The zero-order valence-corrected chi connectivity index (χ0v) is 7.99. The summed E-state index contributed by atoms with van der Waals surface area (Å²) in [6, 6.07) is 11.0. The topological polar surface area (TPSA) is 3.24 Å². The Morgan fingerprint density at radius 1 is 1.08 bits per heavy atom. The van der Waals surface area contributed by atoms with Crippen molar-refractivity contribution in [1.29, 1.82) is 0 Å². The Morgan fingerprint density at radius 2 is 1.58 bits per heavy atom. The van der Waals surface area contributed by atoms with E-state index in [1.807, 2.05) is 6.07 Å². The largest absolute Gasteiger partial charge is 0.303 e. The number of rotatable bonds is 2. The van der Waals surface area contributed by atoms with E-state index in [-0.39, 0.29) is 8.41 Å². The predicted molar refractivity (Wildman–Crippen MR) is 54.3 cm³/mol. The van der Waals surface area contributed by atoms with E-state index in [0.717, 1.165) is 0 Å². The van der Waals surface area contributed by atoms with Crippen molar-refractivity contribution in [2.45, 2.75) is 13.0 Å². The fourth-order valence-electron chi connectivity index (χ4n) is 1.03. The average Bonchev–Trinajstić information content (AvgIpc) is 2.05. The molecule has 0 fully saturated rings. The first-order valence-electron chi connectivity index (χ1n) is 3.93. The van der Waals surface area contributed by atoms with Gasteiger partial charge in [-0.25, -0.2) is 0 Å². The maximum Gasteiger partial charge on any atom is 0.0313 e. The first-order chi connectivity index (χ1) is 5.22. The third-order valence-electron chi connectivity index (χ3n) is 2.06. The number of hydrogen-bond donors (Lipinski definition) is 0. The minimum absolute atomic E-state index is 0. The molecule has 0 amide bonds. The normalized spacial score (nSPS) is 12.3. The van der Waals surface area contributed by atoms with Crippen molar-refractivity contribution in [3.63, 3.8) is 0 Å². The molecule has 1 rings (SSSR count). The molecule has 0 aliphatic heterocycles. The molecule has 1 nitrogen and oxygen atoms in total. The molecule has 0 aromatic heterocycles. The molecule has 3 radical (unpaired) electrons. The van der Waals surface area contributed by atoms with Crippen molar-refractivity contribution in [1.82, 2.24) is 4.90 Å². The molecule has 0 saturated heterocycles. The molecule has 0 aliphatic carbocycles. The van der Waals surface area contributed by atoms with Crippen molar-refractivity contribution in [2.75, 3.05) is 14.1 Å². The highest BCUT2D eigenvalue weighted by Gasteiger charge is 2.04. The molecule has 0 N–H and O–H groups in total. The molecule has 0 saturated carbocycles. The van der Waals surface area contributed by atoms with E-state index in [9.17, 15) is 0 Å². The predicted octanol–water partition coefficient (Wildman–Crippen LogP) is 1.93. The Balaban J connectivity index is 0.00000121. The van der Waals surface area contributed by atoms with Crippen molar-refractivity contribution in [3.05, 3.63) is 35.9 Å². The molecule has 1 atom stereocenters. The van der Waals surface area contributed by atoms with Gasteiger partial charge in [-0.3, -0.25) is 0 Å². The minimum atomic E-state index is 0. The van der Waals surface area contributed by atoms with Crippen LogP contribution < -0.4 is 0 Å². The standard InChI is InChI=1S/C10H15N.B/c1-9(11(2)3)10-7-5-4-6-8-10;/h4-9H,1-3H3;. The Morgan fingerprint density at radius 3 is 2.00 bits per heavy atom. The molecule has 12 heavy (non-hydrogen) atoms. The monoisotopic (exact) mass is 160 g/mol. The van der Waals surface area contributed by atoms with Crippen molar-refractivity contribution in [3.8, 4) is 0 Å². The fourth-order valence-corrected chi connectivity index (χ4v) is 1.03. The highest BCUT2D eigenvalue weighted by Crippen LogP contribution is 2.15. The summed E-state index contributed by atoms with van der Waals surface area (Å²) in [6.45, 7) is 2.20. The van der Waals surface area contributed by atoms with Gasteiger partial charge in [0.1, 0.15) is 0 Å². The van der Waals surface area contributed by atoms with E-state index in [0.29, 0.717) is 6.04 Å². The van der Waals surface area contributed by atoms with E-state index in [4.69, 9.17) is 0 Å². The van der Waals surface area contributed by atoms with Crippen LogP contribution in [0.4, 0.5) is 0 Å². The second-order valence-electron chi connectivity index (χ2n) is 3.05. The summed E-state index contributed by atoms with van der Waals surface area (Å²) < 4.78 is 0. The summed E-state index contributed by atoms with van der Waals surface area (Å²) in [5, 5.41) is 0. The Labute approximate surface area is 77.0 Å². The second-order valence-corrected chi connectivity index (χ2v) is 3.05. The first kappa shape index (κ1) is 11.2. The second kappa shape index (κ2) is 4.99. The van der Waals surface area contributed by atoms with Gasteiger partial charge in [0, 0.05) is 14.5 Å². The maximum absolute atomic E-state index is 2.20. The number of benzene rings is 1. The molecule has 0 aliphatic rings. The van der Waals surface area contributed by atoms with E-state index >= 15 is 0 Å². The van der Waals surface area contributed by atoms with Crippen LogP contribution in [-0.2, 0) is 0 Å². The quantitative estimate of drug-likeness (QED) is 0.597. The van der Waals surface area contributed by atoms with Gasteiger partial charge >= 0.3 is 0 Å². The third-order valence-corrected chi connectivity index (χ3v) is 2.06. The van der Waals surface area contributed by atoms with Crippen molar-refractivity contribution < 1.29 is 0 Å². The summed E-state index contributed by atoms with van der Waals surface area (Å²) in [5.41, 5.74) is 1.37. The highest BCUT2D eigenvalue weighted by molar-refractivity contribution is 5.75. The summed E-state index contributed by atoms with van der Waals surface area (Å²) in [4.78, 5) is 2.20. The number of hydrogen-bond acceptors (Lipinski definition) is 1. The van der Waals surface area contributed by atoms with Crippen LogP contribution in [0.1, 0.15) is 18.5 Å². The van der Waals surface area contributed by atoms with Crippen LogP contribution in [0.15, 0.2) is 30.3 Å². The van der Waals surface area contributed by atoms with Crippen LogP contribution in [0, 0.1) is 0 Å². The van der Waals surface area contributed by atoms with Gasteiger partial charge in [0.15, 0.2) is 0 Å². The molecule has 63 valence electrons. The van der Waals surface area contributed by atoms with E-state index in [1.54, 1.807) is 0 Å². The highest BCUT2D eigenvalue weighted by atomic mass is 15.1. The van der Waals surface area contributed by atoms with E-state index < -0.39 is 0 Å². The Bertz CT molecular complexity index is 208. The first-order valence-corrected chi connectivity index (χ1v) is 3.93. The van der Waals surface area contributed by atoms with Crippen molar-refractivity contribution in [2.24, 2.45) is 0 Å². The lowest BCUT2D eigenvalue weighted by Crippen LogP contribution is -2.16. The molecule has 0 bridgehead atoms. The van der Waals surface area contributed by atoms with Gasteiger partial charge in [-0.15, -0.1) is 0 Å². The lowest BCUT2D eigenvalue weighted by Gasteiger charge is -2.19. The lowest BCUT2D eigenvalue weighted by molar-refractivity contribution is 0.321. The van der Waals surface area contributed by atoms with Crippen LogP contribution in [0.2, 0.25) is 0 Å². The third kappa shape index (κ3) is 2.70. The maximum atomic E-state index is 2.20. The average molecular weight is 160 g/mol. The smallest absolute Gasteiger partial charge is 0.0313 e. The summed E-state index contributed by atoms with van der Waals surface area (Å²) in [7, 11) is 4.19. The lowest BCUT2D eigenvalue weighted by atomic mass is 10.1. The molecule has 0 spiro atoms. The fraction of sp³-hybridized carbons (Fsp3) is 0.400. The van der Waals surface area contributed by atoms with Gasteiger partial charge in [0.25, 0.3) is 0 Å². The Kier molecular flexibility index (Phi) is 4.68. The molecular formula is C10H15BN. The van der Waals surface area contributed by atoms with Gasteiger partial charge < -0.3 is 4.90 Å². The molecule has 1 aromatic carbocycles. The zero-order valence-electron chi connectivity index (χ0n) is 7.99. The molecular weight excluding hydrogens is 145 g/mol. The SMILES string of the molecule is CC(c1ccccc1)N(C)C.[B]. The number of nitrogens with zero attached hydrogens (tertiary/aromatic N) is 1. The molecule has 2 heteroatoms. The molecule has 1 aromatic rings. The van der Waals surface area contributed by atoms with Crippen LogP contribution in [0.5, 0.6) is 0 Å².